The molecule has 0 spiro atoms. The standard InChI is InChI=1S/C34H50N4O7/c1-3-4-5-6-7-8-9-10-11-12-13-14-15-16-20-30-24-33(37-45-30)41-26-31(44-32-21-23-43-36-32)27-42-34(40)38(28(2)39)25-29-19-17-18-22-35-29/h17-19,21-24,31H,3-16,20,25-27H2,1-2H3. The van der Waals surface area contributed by atoms with Crippen molar-refractivity contribution in [1.29, 1.82) is 0 Å². The van der Waals surface area contributed by atoms with Gasteiger partial charge in [0, 0.05) is 31.7 Å². The highest BCUT2D eigenvalue weighted by Crippen LogP contribution is 2.18. The molecule has 1 atom stereocenters. The zero-order valence-electron chi connectivity index (χ0n) is 27.0. The van der Waals surface area contributed by atoms with Crippen LogP contribution in [-0.2, 0) is 22.5 Å². The fourth-order valence-electron chi connectivity index (χ4n) is 4.90. The average molecular weight is 627 g/mol. The van der Waals surface area contributed by atoms with Crippen LogP contribution in [0, 0.1) is 0 Å². The maximum absolute atomic E-state index is 12.7. The summed E-state index contributed by atoms with van der Waals surface area (Å²) >= 11 is 0. The monoisotopic (exact) mass is 626 g/mol. The van der Waals surface area contributed by atoms with E-state index in [1.54, 1.807) is 30.5 Å². The molecular formula is C34H50N4O7. The van der Waals surface area contributed by atoms with E-state index in [2.05, 4.69) is 22.2 Å². The number of amides is 2. The van der Waals surface area contributed by atoms with Crippen molar-refractivity contribution < 1.29 is 32.8 Å². The zero-order valence-corrected chi connectivity index (χ0v) is 27.0. The number of carbonyl (C=O) groups excluding carboxylic acids is 2. The van der Waals surface area contributed by atoms with Gasteiger partial charge in [0.25, 0.3) is 11.8 Å². The molecule has 0 bridgehead atoms. The average Bonchev–Trinajstić information content (AvgIpc) is 3.74. The first kappa shape index (κ1) is 35.6. The van der Waals surface area contributed by atoms with Crippen molar-refractivity contribution >= 4 is 12.0 Å². The second kappa shape index (κ2) is 21.8. The van der Waals surface area contributed by atoms with E-state index in [-0.39, 0.29) is 25.6 Å². The van der Waals surface area contributed by atoms with Crippen molar-refractivity contribution in [3.63, 3.8) is 0 Å². The SMILES string of the molecule is CCCCCCCCCCCCCCCCc1cc(OCC(COC(=O)N(Cc2ccccn2)C(C)=O)Oc2ccon2)no1. The number of hydrogen-bond donors (Lipinski definition) is 0. The first-order valence-corrected chi connectivity index (χ1v) is 16.5. The molecule has 0 aliphatic rings. The van der Waals surface area contributed by atoms with Crippen molar-refractivity contribution in [3.8, 4) is 11.8 Å². The fraction of sp³-hybridized carbons (Fsp3) is 0.618. The van der Waals surface area contributed by atoms with Crippen molar-refractivity contribution in [2.24, 2.45) is 0 Å². The lowest BCUT2D eigenvalue weighted by Crippen LogP contribution is -2.38. The predicted molar refractivity (Wildman–Crippen MR) is 169 cm³/mol. The van der Waals surface area contributed by atoms with Crippen LogP contribution in [0.15, 0.2) is 51.8 Å². The summed E-state index contributed by atoms with van der Waals surface area (Å²) in [6.07, 6.45) is 20.6. The van der Waals surface area contributed by atoms with Gasteiger partial charge in [0.1, 0.15) is 25.2 Å². The van der Waals surface area contributed by atoms with E-state index >= 15 is 0 Å². The van der Waals surface area contributed by atoms with Crippen molar-refractivity contribution in [2.45, 2.75) is 123 Å². The molecule has 3 aromatic heterocycles. The van der Waals surface area contributed by atoms with E-state index in [0.717, 1.165) is 29.9 Å². The van der Waals surface area contributed by atoms with Gasteiger partial charge in [-0.25, -0.2) is 9.69 Å². The molecule has 1 unspecified atom stereocenters. The summed E-state index contributed by atoms with van der Waals surface area (Å²) in [5.74, 6) is 0.812. The number of hydrogen-bond acceptors (Lipinski definition) is 10. The van der Waals surface area contributed by atoms with Gasteiger partial charge in [0.2, 0.25) is 5.91 Å². The lowest BCUT2D eigenvalue weighted by Gasteiger charge is -2.21. The molecule has 0 radical (unpaired) electrons. The summed E-state index contributed by atoms with van der Waals surface area (Å²) in [5.41, 5.74) is 0.555. The third kappa shape index (κ3) is 15.1. The van der Waals surface area contributed by atoms with Gasteiger partial charge in [-0.2, -0.15) is 0 Å². The molecule has 0 fully saturated rings. The summed E-state index contributed by atoms with van der Waals surface area (Å²) < 4.78 is 27.2. The van der Waals surface area contributed by atoms with Gasteiger partial charge in [0.15, 0.2) is 6.10 Å². The first-order chi connectivity index (χ1) is 22.0. The Morgan fingerprint density at radius 1 is 0.844 bits per heavy atom. The summed E-state index contributed by atoms with van der Waals surface area (Å²) in [7, 11) is 0. The first-order valence-electron chi connectivity index (χ1n) is 16.5. The highest BCUT2D eigenvalue weighted by atomic mass is 16.6. The van der Waals surface area contributed by atoms with Gasteiger partial charge in [-0.15, -0.1) is 0 Å². The maximum atomic E-state index is 12.7. The molecule has 2 amide bonds. The molecule has 3 heterocycles. The Labute approximate surface area is 267 Å². The minimum atomic E-state index is -0.821. The molecule has 0 saturated carbocycles. The molecule has 11 heteroatoms. The molecule has 0 saturated heterocycles. The Balaban J connectivity index is 1.33. The van der Waals surface area contributed by atoms with Crippen LogP contribution in [0.3, 0.4) is 0 Å². The largest absolute Gasteiger partial charge is 0.471 e. The van der Waals surface area contributed by atoms with Crippen LogP contribution in [0.25, 0.3) is 0 Å². The minimum Gasteiger partial charge on any atom is -0.471 e. The summed E-state index contributed by atoms with van der Waals surface area (Å²) in [5, 5.41) is 7.76. The molecule has 0 N–H and O–H groups in total. The van der Waals surface area contributed by atoms with Crippen LogP contribution in [0.2, 0.25) is 0 Å². The molecule has 248 valence electrons. The highest BCUT2D eigenvalue weighted by Gasteiger charge is 2.24. The van der Waals surface area contributed by atoms with E-state index in [9.17, 15) is 9.59 Å². The lowest BCUT2D eigenvalue weighted by atomic mass is 10.0. The van der Waals surface area contributed by atoms with Crippen LogP contribution in [0.1, 0.15) is 115 Å². The highest BCUT2D eigenvalue weighted by molar-refractivity contribution is 5.90. The molecular weight excluding hydrogens is 576 g/mol. The fourth-order valence-corrected chi connectivity index (χ4v) is 4.90. The van der Waals surface area contributed by atoms with E-state index in [0.29, 0.717) is 11.6 Å². The zero-order chi connectivity index (χ0) is 32.0. The smallest absolute Gasteiger partial charge is 0.417 e. The summed E-state index contributed by atoms with van der Waals surface area (Å²) in [6, 6.07) is 8.55. The number of carbonyl (C=O) groups is 2. The predicted octanol–water partition coefficient (Wildman–Crippen LogP) is 8.09. The van der Waals surface area contributed by atoms with Gasteiger partial charge in [-0.3, -0.25) is 9.78 Å². The minimum absolute atomic E-state index is 0.00865. The number of aromatic nitrogens is 3. The molecule has 0 aliphatic heterocycles. The van der Waals surface area contributed by atoms with Crippen LogP contribution < -0.4 is 9.47 Å². The number of rotatable bonds is 24. The van der Waals surface area contributed by atoms with Gasteiger partial charge >= 0.3 is 6.09 Å². The number of imide groups is 1. The topological polar surface area (TPSA) is 130 Å². The van der Waals surface area contributed by atoms with Gasteiger partial charge in [-0.1, -0.05) is 96.5 Å². The molecule has 3 aromatic rings. The van der Waals surface area contributed by atoms with Gasteiger partial charge in [-0.05, 0) is 28.9 Å². The number of unbranched alkanes of at least 4 members (excludes halogenated alkanes) is 13. The Morgan fingerprint density at radius 3 is 2.13 bits per heavy atom. The quantitative estimate of drug-likeness (QED) is 0.0899. The summed E-state index contributed by atoms with van der Waals surface area (Å²) in [6.45, 7) is 3.33. The van der Waals surface area contributed by atoms with Crippen molar-refractivity contribution in [1.82, 2.24) is 20.2 Å². The van der Waals surface area contributed by atoms with Gasteiger partial charge in [0.05, 0.1) is 12.2 Å². The third-order valence-corrected chi connectivity index (χ3v) is 7.47. The Morgan fingerprint density at radius 2 is 1.53 bits per heavy atom. The van der Waals surface area contributed by atoms with E-state index < -0.39 is 18.1 Å². The van der Waals surface area contributed by atoms with Crippen LogP contribution >= 0.6 is 0 Å². The normalized spacial score (nSPS) is 11.7. The Kier molecular flexibility index (Phi) is 17.2. The molecule has 3 rings (SSSR count). The Bertz CT molecular complexity index is 1190. The van der Waals surface area contributed by atoms with Gasteiger partial charge < -0.3 is 23.3 Å². The second-order valence-electron chi connectivity index (χ2n) is 11.4. The van der Waals surface area contributed by atoms with Crippen molar-refractivity contribution in [3.05, 3.63) is 54.2 Å². The van der Waals surface area contributed by atoms with Crippen LogP contribution in [0.5, 0.6) is 11.8 Å². The second-order valence-corrected chi connectivity index (χ2v) is 11.4. The lowest BCUT2D eigenvalue weighted by molar-refractivity contribution is -0.128. The van der Waals surface area contributed by atoms with E-state index in [1.165, 1.54) is 96.3 Å². The molecule has 0 aromatic carbocycles. The van der Waals surface area contributed by atoms with E-state index in [1.807, 2.05) is 0 Å². The van der Waals surface area contributed by atoms with E-state index in [4.69, 9.17) is 23.3 Å². The number of ether oxygens (including phenoxy) is 3. The maximum Gasteiger partial charge on any atom is 0.417 e. The number of nitrogens with zero attached hydrogens (tertiary/aromatic N) is 4. The third-order valence-electron chi connectivity index (χ3n) is 7.47. The molecule has 45 heavy (non-hydrogen) atoms. The number of aryl methyl sites for hydroxylation is 1. The summed E-state index contributed by atoms with van der Waals surface area (Å²) in [4.78, 5) is 30.0. The number of pyridine rings is 1. The van der Waals surface area contributed by atoms with Crippen molar-refractivity contribution in [2.75, 3.05) is 13.2 Å². The Hall–Kier alpha value is -3.89. The molecule has 11 nitrogen and oxygen atoms in total. The van der Waals surface area contributed by atoms with Crippen LogP contribution in [0.4, 0.5) is 4.79 Å². The molecule has 0 aliphatic carbocycles. The van der Waals surface area contributed by atoms with Crippen LogP contribution in [-0.4, -0.2) is 51.5 Å².